The van der Waals surface area contributed by atoms with E-state index in [2.05, 4.69) is 84.9 Å². The molecule has 3 nitrogen and oxygen atoms in total. The Balaban J connectivity index is 1.47. The first-order valence-corrected chi connectivity index (χ1v) is 14.3. The second-order valence-corrected chi connectivity index (χ2v) is 11.3. The molecule has 8 rings (SSSR count). The standard InChI is InChI=1S/C35H20ClN3S/c36-26-16-17-30-28(20-26)31-29(19-24-12-6-7-13-27(24)32(31)40-30)35-38-33(22-9-2-1-3-10-22)37-34(39-35)25-15-14-21-8-4-5-11-23(21)18-25/h1-20H. The topological polar surface area (TPSA) is 38.7 Å². The van der Waals surface area contributed by atoms with Gasteiger partial charge >= 0.3 is 0 Å². The molecule has 5 heteroatoms. The van der Waals surface area contributed by atoms with Crippen molar-refractivity contribution in [3.63, 3.8) is 0 Å². The number of thiophene rings is 1. The lowest BCUT2D eigenvalue weighted by Crippen LogP contribution is -2.00. The van der Waals surface area contributed by atoms with Crippen molar-refractivity contribution in [1.29, 1.82) is 0 Å². The van der Waals surface area contributed by atoms with Gasteiger partial charge in [-0.3, -0.25) is 0 Å². The van der Waals surface area contributed by atoms with Crippen molar-refractivity contribution in [3.05, 3.63) is 126 Å². The SMILES string of the molecule is Clc1ccc2sc3c4ccccc4cc(-c4nc(-c5ccccc5)nc(-c5ccc6ccccc6c5)n4)c3c2c1. The molecule has 0 unspecified atom stereocenters. The first-order chi connectivity index (χ1) is 19.7. The Hall–Kier alpha value is -4.64. The van der Waals surface area contributed by atoms with Crippen LogP contribution in [0, 0.1) is 0 Å². The molecular formula is C35H20ClN3S. The van der Waals surface area contributed by atoms with E-state index in [0.717, 1.165) is 38.2 Å². The van der Waals surface area contributed by atoms with Crippen molar-refractivity contribution in [2.75, 3.05) is 0 Å². The summed E-state index contributed by atoms with van der Waals surface area (Å²) in [5.41, 5.74) is 2.88. The molecule has 0 radical (unpaired) electrons. The molecule has 188 valence electrons. The summed E-state index contributed by atoms with van der Waals surface area (Å²) < 4.78 is 2.39. The molecular weight excluding hydrogens is 530 g/mol. The van der Waals surface area contributed by atoms with Crippen molar-refractivity contribution in [2.24, 2.45) is 0 Å². The Morgan fingerprint density at radius 3 is 2.05 bits per heavy atom. The maximum atomic E-state index is 6.51. The predicted octanol–water partition coefficient (Wildman–Crippen LogP) is 10.2. The minimum atomic E-state index is 0.646. The summed E-state index contributed by atoms with van der Waals surface area (Å²) in [7, 11) is 0. The Bertz CT molecular complexity index is 2240. The van der Waals surface area contributed by atoms with Crippen LogP contribution in [0.5, 0.6) is 0 Å². The molecule has 6 aromatic carbocycles. The zero-order chi connectivity index (χ0) is 26.6. The van der Waals surface area contributed by atoms with Gasteiger partial charge in [-0.2, -0.15) is 0 Å². The first-order valence-electron chi connectivity index (χ1n) is 13.1. The molecule has 0 atom stereocenters. The normalized spacial score (nSPS) is 11.6. The summed E-state index contributed by atoms with van der Waals surface area (Å²) in [6, 6.07) is 41.6. The summed E-state index contributed by atoms with van der Waals surface area (Å²) in [5.74, 6) is 1.94. The van der Waals surface area contributed by atoms with Gasteiger partial charge in [0, 0.05) is 41.9 Å². The van der Waals surface area contributed by atoms with Crippen molar-refractivity contribution >= 4 is 64.7 Å². The highest BCUT2D eigenvalue weighted by Crippen LogP contribution is 2.44. The van der Waals surface area contributed by atoms with Crippen LogP contribution in [-0.4, -0.2) is 15.0 Å². The van der Waals surface area contributed by atoms with Crippen LogP contribution in [0.1, 0.15) is 0 Å². The third kappa shape index (κ3) is 3.84. The molecule has 0 N–H and O–H groups in total. The third-order valence-electron chi connectivity index (χ3n) is 7.34. The summed E-state index contributed by atoms with van der Waals surface area (Å²) >= 11 is 8.30. The Morgan fingerprint density at radius 2 is 1.20 bits per heavy atom. The summed E-state index contributed by atoms with van der Waals surface area (Å²) in [4.78, 5) is 15.2. The lowest BCUT2D eigenvalue weighted by Gasteiger charge is -2.11. The van der Waals surface area contributed by atoms with Gasteiger partial charge in [-0.05, 0) is 51.9 Å². The Labute approximate surface area is 239 Å². The van der Waals surface area contributed by atoms with Gasteiger partial charge < -0.3 is 0 Å². The van der Waals surface area contributed by atoms with Gasteiger partial charge in [-0.25, -0.2) is 15.0 Å². The number of fused-ring (bicyclic) bond motifs is 6. The number of aromatic nitrogens is 3. The van der Waals surface area contributed by atoms with E-state index in [4.69, 9.17) is 26.6 Å². The fraction of sp³-hybridized carbons (Fsp3) is 0. The molecule has 40 heavy (non-hydrogen) atoms. The van der Waals surface area contributed by atoms with E-state index in [-0.39, 0.29) is 0 Å². The molecule has 0 spiro atoms. The number of rotatable bonds is 3. The van der Waals surface area contributed by atoms with Crippen LogP contribution in [0.25, 0.3) is 75.9 Å². The van der Waals surface area contributed by atoms with Gasteiger partial charge in [-0.15, -0.1) is 11.3 Å². The lowest BCUT2D eigenvalue weighted by molar-refractivity contribution is 1.08. The molecule has 0 aliphatic rings. The van der Waals surface area contributed by atoms with Gasteiger partial charge in [0.25, 0.3) is 0 Å². The number of benzene rings is 6. The smallest absolute Gasteiger partial charge is 0.164 e. The highest BCUT2D eigenvalue weighted by molar-refractivity contribution is 7.26. The van der Waals surface area contributed by atoms with E-state index in [9.17, 15) is 0 Å². The fourth-order valence-corrected chi connectivity index (χ4v) is 6.85. The van der Waals surface area contributed by atoms with E-state index in [0.29, 0.717) is 22.5 Å². The predicted molar refractivity (Wildman–Crippen MR) is 169 cm³/mol. The van der Waals surface area contributed by atoms with Crippen molar-refractivity contribution < 1.29 is 0 Å². The molecule has 0 fully saturated rings. The second kappa shape index (κ2) is 9.23. The molecule has 8 aromatic rings. The van der Waals surface area contributed by atoms with Gasteiger partial charge in [0.05, 0.1) is 0 Å². The van der Waals surface area contributed by atoms with Gasteiger partial charge in [-0.1, -0.05) is 103 Å². The van der Waals surface area contributed by atoms with E-state index in [1.165, 1.54) is 20.2 Å². The fourth-order valence-electron chi connectivity index (χ4n) is 5.43. The van der Waals surface area contributed by atoms with Gasteiger partial charge in [0.1, 0.15) is 0 Å². The number of hydrogen-bond acceptors (Lipinski definition) is 4. The van der Waals surface area contributed by atoms with Crippen molar-refractivity contribution in [2.45, 2.75) is 0 Å². The van der Waals surface area contributed by atoms with Crippen LogP contribution in [-0.2, 0) is 0 Å². The quantitative estimate of drug-likeness (QED) is 0.220. The minimum Gasteiger partial charge on any atom is -0.208 e. The van der Waals surface area contributed by atoms with Crippen molar-refractivity contribution in [1.82, 2.24) is 15.0 Å². The third-order valence-corrected chi connectivity index (χ3v) is 8.78. The van der Waals surface area contributed by atoms with E-state index >= 15 is 0 Å². The summed E-state index contributed by atoms with van der Waals surface area (Å²) in [5, 5.41) is 7.64. The first kappa shape index (κ1) is 23.3. The van der Waals surface area contributed by atoms with Gasteiger partial charge in [0.15, 0.2) is 17.5 Å². The molecule has 0 bridgehead atoms. The molecule has 0 aliphatic carbocycles. The number of nitrogens with zero attached hydrogens (tertiary/aromatic N) is 3. The number of halogens is 1. The zero-order valence-electron chi connectivity index (χ0n) is 21.2. The molecule has 2 heterocycles. The summed E-state index contributed by atoms with van der Waals surface area (Å²) in [6.45, 7) is 0. The van der Waals surface area contributed by atoms with Crippen molar-refractivity contribution in [3.8, 4) is 34.2 Å². The maximum absolute atomic E-state index is 6.51. The second-order valence-electron chi connectivity index (χ2n) is 9.83. The van der Waals surface area contributed by atoms with Crippen LogP contribution >= 0.6 is 22.9 Å². The van der Waals surface area contributed by atoms with Crippen LogP contribution in [0.4, 0.5) is 0 Å². The summed E-state index contributed by atoms with van der Waals surface area (Å²) in [6.07, 6.45) is 0. The highest BCUT2D eigenvalue weighted by Gasteiger charge is 2.19. The van der Waals surface area contributed by atoms with Crippen LogP contribution in [0.2, 0.25) is 5.02 Å². The van der Waals surface area contributed by atoms with Gasteiger partial charge in [0.2, 0.25) is 0 Å². The van der Waals surface area contributed by atoms with E-state index in [1.807, 2.05) is 36.4 Å². The number of hydrogen-bond donors (Lipinski definition) is 0. The van der Waals surface area contributed by atoms with Crippen LogP contribution < -0.4 is 0 Å². The molecule has 0 aliphatic heterocycles. The maximum Gasteiger partial charge on any atom is 0.164 e. The monoisotopic (exact) mass is 549 g/mol. The average molecular weight is 550 g/mol. The average Bonchev–Trinajstić information content (AvgIpc) is 3.39. The highest BCUT2D eigenvalue weighted by atomic mass is 35.5. The zero-order valence-corrected chi connectivity index (χ0v) is 22.7. The minimum absolute atomic E-state index is 0.646. The molecule has 2 aromatic heterocycles. The molecule has 0 saturated carbocycles. The van der Waals surface area contributed by atoms with Crippen LogP contribution in [0.3, 0.4) is 0 Å². The molecule has 0 saturated heterocycles. The van der Waals surface area contributed by atoms with E-state index in [1.54, 1.807) is 11.3 Å². The largest absolute Gasteiger partial charge is 0.208 e. The van der Waals surface area contributed by atoms with E-state index < -0.39 is 0 Å². The Kier molecular flexibility index (Phi) is 5.37. The lowest BCUT2D eigenvalue weighted by atomic mass is 9.99. The van der Waals surface area contributed by atoms with Crippen LogP contribution in [0.15, 0.2) is 121 Å². The Morgan fingerprint density at radius 1 is 0.500 bits per heavy atom. The molecule has 0 amide bonds.